The van der Waals surface area contributed by atoms with E-state index in [0.29, 0.717) is 5.75 Å². The number of nitrogens with zero attached hydrogens (tertiary/aromatic N) is 2. The van der Waals surface area contributed by atoms with Gasteiger partial charge in [-0.3, -0.25) is 0 Å². The van der Waals surface area contributed by atoms with Crippen molar-refractivity contribution in [1.82, 2.24) is 15.3 Å². The third kappa shape index (κ3) is 3.26. The Balaban J connectivity index is 2.16. The van der Waals surface area contributed by atoms with Gasteiger partial charge in [0.25, 0.3) is 0 Å². The van der Waals surface area contributed by atoms with E-state index in [2.05, 4.69) is 22.2 Å². The smallest absolute Gasteiger partial charge is 0.150 e. The molecule has 0 bridgehead atoms. The molecule has 1 aromatic heterocycles. The van der Waals surface area contributed by atoms with Crippen molar-refractivity contribution in [3.8, 4) is 0 Å². The number of rotatable bonds is 5. The summed E-state index contributed by atoms with van der Waals surface area (Å²) in [6, 6.07) is 0.0448. The van der Waals surface area contributed by atoms with E-state index in [0.717, 1.165) is 24.9 Å². The SMILES string of the molecule is CCCNC(c1cncnc1)C1CCS(=O)(=O)C1. The molecule has 1 fully saturated rings. The Bertz CT molecular complexity index is 475. The van der Waals surface area contributed by atoms with Crippen LogP contribution in [0, 0.1) is 5.92 Å². The predicted octanol–water partition coefficient (Wildman–Crippen LogP) is 0.952. The van der Waals surface area contributed by atoms with Gasteiger partial charge in [-0.1, -0.05) is 6.92 Å². The molecule has 0 amide bonds. The highest BCUT2D eigenvalue weighted by atomic mass is 32.2. The summed E-state index contributed by atoms with van der Waals surface area (Å²) in [5, 5.41) is 3.42. The fourth-order valence-corrected chi connectivity index (χ4v) is 4.25. The van der Waals surface area contributed by atoms with E-state index < -0.39 is 9.84 Å². The maximum Gasteiger partial charge on any atom is 0.150 e. The average molecular weight is 269 g/mol. The molecule has 0 aliphatic carbocycles. The number of sulfone groups is 1. The molecule has 1 aliphatic heterocycles. The summed E-state index contributed by atoms with van der Waals surface area (Å²) in [5.74, 6) is 0.700. The third-order valence-electron chi connectivity index (χ3n) is 3.29. The van der Waals surface area contributed by atoms with Crippen molar-refractivity contribution >= 4 is 9.84 Å². The molecule has 0 aromatic carbocycles. The molecule has 0 spiro atoms. The standard InChI is InChI=1S/C12H19N3O2S/c1-2-4-15-12(11-6-13-9-14-7-11)10-3-5-18(16,17)8-10/h6-7,9-10,12,15H,2-5,8H2,1H3. The van der Waals surface area contributed by atoms with Crippen molar-refractivity contribution in [2.45, 2.75) is 25.8 Å². The first-order valence-electron chi connectivity index (χ1n) is 6.31. The molecule has 2 unspecified atom stereocenters. The van der Waals surface area contributed by atoms with Crippen molar-refractivity contribution in [3.63, 3.8) is 0 Å². The zero-order chi connectivity index (χ0) is 13.0. The first-order chi connectivity index (χ1) is 8.62. The lowest BCUT2D eigenvalue weighted by atomic mass is 9.94. The number of hydrogen-bond donors (Lipinski definition) is 1. The first kappa shape index (κ1) is 13.4. The van der Waals surface area contributed by atoms with Gasteiger partial charge in [0, 0.05) is 24.0 Å². The van der Waals surface area contributed by atoms with Gasteiger partial charge in [-0.05, 0) is 25.3 Å². The van der Waals surface area contributed by atoms with E-state index >= 15 is 0 Å². The average Bonchev–Trinajstić information content (AvgIpc) is 2.72. The molecular weight excluding hydrogens is 250 g/mol. The maximum absolute atomic E-state index is 11.6. The minimum absolute atomic E-state index is 0.0448. The Hall–Kier alpha value is -1.01. The largest absolute Gasteiger partial charge is 0.310 e. The van der Waals surface area contributed by atoms with Gasteiger partial charge >= 0.3 is 0 Å². The minimum Gasteiger partial charge on any atom is -0.310 e. The van der Waals surface area contributed by atoms with Crippen LogP contribution in [0.3, 0.4) is 0 Å². The van der Waals surface area contributed by atoms with Gasteiger partial charge in [0.1, 0.15) is 6.33 Å². The van der Waals surface area contributed by atoms with E-state index in [1.165, 1.54) is 6.33 Å². The molecule has 1 aromatic rings. The van der Waals surface area contributed by atoms with Crippen molar-refractivity contribution in [2.75, 3.05) is 18.1 Å². The van der Waals surface area contributed by atoms with Crippen LogP contribution in [0.2, 0.25) is 0 Å². The maximum atomic E-state index is 11.6. The lowest BCUT2D eigenvalue weighted by Crippen LogP contribution is -2.30. The number of hydrogen-bond acceptors (Lipinski definition) is 5. The van der Waals surface area contributed by atoms with E-state index in [9.17, 15) is 8.42 Å². The Morgan fingerprint density at radius 3 is 2.72 bits per heavy atom. The molecule has 0 saturated carbocycles. The van der Waals surface area contributed by atoms with Crippen LogP contribution in [0.5, 0.6) is 0 Å². The summed E-state index contributed by atoms with van der Waals surface area (Å²) in [7, 11) is -2.85. The molecule has 1 N–H and O–H groups in total. The molecule has 2 heterocycles. The van der Waals surface area contributed by atoms with Gasteiger partial charge in [0.15, 0.2) is 9.84 Å². The van der Waals surface area contributed by atoms with Gasteiger partial charge in [-0.2, -0.15) is 0 Å². The van der Waals surface area contributed by atoms with Crippen LogP contribution in [0.1, 0.15) is 31.4 Å². The fraction of sp³-hybridized carbons (Fsp3) is 0.667. The van der Waals surface area contributed by atoms with Crippen LogP contribution in [0.4, 0.5) is 0 Å². The summed E-state index contributed by atoms with van der Waals surface area (Å²) in [4.78, 5) is 8.04. The molecular formula is C12H19N3O2S. The van der Waals surface area contributed by atoms with Gasteiger partial charge in [0.05, 0.1) is 11.5 Å². The van der Waals surface area contributed by atoms with Gasteiger partial charge < -0.3 is 5.32 Å². The second-order valence-corrected chi connectivity index (χ2v) is 7.00. The predicted molar refractivity (Wildman–Crippen MR) is 69.8 cm³/mol. The minimum atomic E-state index is -2.85. The molecule has 100 valence electrons. The molecule has 1 saturated heterocycles. The third-order valence-corrected chi connectivity index (χ3v) is 5.09. The highest BCUT2D eigenvalue weighted by molar-refractivity contribution is 7.91. The van der Waals surface area contributed by atoms with E-state index in [1.54, 1.807) is 12.4 Å². The van der Waals surface area contributed by atoms with Gasteiger partial charge in [0.2, 0.25) is 0 Å². The molecule has 2 rings (SSSR count). The van der Waals surface area contributed by atoms with Crippen LogP contribution in [-0.4, -0.2) is 36.4 Å². The van der Waals surface area contributed by atoms with Crippen LogP contribution in [-0.2, 0) is 9.84 Å². The fourth-order valence-electron chi connectivity index (χ4n) is 2.41. The summed E-state index contributed by atoms with van der Waals surface area (Å²) in [6.07, 6.45) is 6.77. The highest BCUT2D eigenvalue weighted by Gasteiger charge is 2.34. The van der Waals surface area contributed by atoms with Crippen LogP contribution >= 0.6 is 0 Å². The lowest BCUT2D eigenvalue weighted by molar-refractivity contribution is 0.391. The Morgan fingerprint density at radius 2 is 2.17 bits per heavy atom. The van der Waals surface area contributed by atoms with Crippen LogP contribution < -0.4 is 5.32 Å². The first-order valence-corrected chi connectivity index (χ1v) is 8.13. The lowest BCUT2D eigenvalue weighted by Gasteiger charge is -2.23. The quantitative estimate of drug-likeness (QED) is 0.861. The van der Waals surface area contributed by atoms with E-state index in [1.807, 2.05) is 0 Å². The molecule has 6 heteroatoms. The Kier molecular flexibility index (Phi) is 4.29. The summed E-state index contributed by atoms with van der Waals surface area (Å²) < 4.78 is 23.2. The van der Waals surface area contributed by atoms with E-state index in [4.69, 9.17) is 0 Å². The van der Waals surface area contributed by atoms with Crippen molar-refractivity contribution in [2.24, 2.45) is 5.92 Å². The summed E-state index contributed by atoms with van der Waals surface area (Å²) in [6.45, 7) is 2.97. The van der Waals surface area contributed by atoms with Gasteiger partial charge in [-0.25, -0.2) is 18.4 Å². The topological polar surface area (TPSA) is 72.0 Å². The summed E-state index contributed by atoms with van der Waals surface area (Å²) >= 11 is 0. The second-order valence-electron chi connectivity index (χ2n) is 4.77. The van der Waals surface area contributed by atoms with Crippen LogP contribution in [0.15, 0.2) is 18.7 Å². The Morgan fingerprint density at radius 1 is 1.44 bits per heavy atom. The second kappa shape index (κ2) is 5.75. The zero-order valence-electron chi connectivity index (χ0n) is 10.5. The molecule has 2 atom stereocenters. The van der Waals surface area contributed by atoms with Crippen molar-refractivity contribution < 1.29 is 8.42 Å². The van der Waals surface area contributed by atoms with Gasteiger partial charge in [-0.15, -0.1) is 0 Å². The summed E-state index contributed by atoms with van der Waals surface area (Å²) in [5.41, 5.74) is 0.980. The molecule has 1 aliphatic rings. The Labute approximate surface area is 108 Å². The highest BCUT2D eigenvalue weighted by Crippen LogP contribution is 2.30. The van der Waals surface area contributed by atoms with Crippen LogP contribution in [0.25, 0.3) is 0 Å². The molecule has 0 radical (unpaired) electrons. The number of aromatic nitrogens is 2. The monoisotopic (exact) mass is 269 g/mol. The van der Waals surface area contributed by atoms with Crippen molar-refractivity contribution in [1.29, 1.82) is 0 Å². The zero-order valence-corrected chi connectivity index (χ0v) is 11.4. The molecule has 18 heavy (non-hydrogen) atoms. The van der Waals surface area contributed by atoms with Crippen molar-refractivity contribution in [3.05, 3.63) is 24.3 Å². The van der Waals surface area contributed by atoms with E-state index in [-0.39, 0.29) is 17.7 Å². The molecule has 5 nitrogen and oxygen atoms in total. The number of nitrogens with one attached hydrogen (secondary N) is 1. The normalized spacial score (nSPS) is 23.9.